The van der Waals surface area contributed by atoms with E-state index in [0.717, 1.165) is 38.7 Å². The number of sulfone groups is 1. The van der Waals surface area contributed by atoms with Gasteiger partial charge in [0.25, 0.3) is 0 Å². The summed E-state index contributed by atoms with van der Waals surface area (Å²) in [6.07, 6.45) is 3.15. The molecular formula is C24H21ClFNO2S. The molecule has 1 N–H and O–H groups in total. The first-order valence-electron chi connectivity index (χ1n) is 9.51. The lowest BCUT2D eigenvalue weighted by Gasteiger charge is -2.20. The van der Waals surface area contributed by atoms with E-state index in [1.54, 1.807) is 12.1 Å². The minimum Gasteiger partial charge on any atom is -0.361 e. The van der Waals surface area contributed by atoms with Gasteiger partial charge < -0.3 is 4.98 Å². The summed E-state index contributed by atoms with van der Waals surface area (Å²) >= 11 is 6.18. The van der Waals surface area contributed by atoms with Crippen molar-refractivity contribution in [2.75, 3.05) is 6.26 Å². The lowest BCUT2D eigenvalue weighted by Crippen LogP contribution is -2.05. The molecule has 0 aliphatic carbocycles. The first-order valence-corrected chi connectivity index (χ1v) is 11.9. The minimum absolute atomic E-state index is 0.0362. The van der Waals surface area contributed by atoms with Crippen LogP contribution in [0.2, 0.25) is 5.02 Å². The van der Waals surface area contributed by atoms with Crippen LogP contribution in [0.4, 0.5) is 4.39 Å². The van der Waals surface area contributed by atoms with Gasteiger partial charge in [-0.25, -0.2) is 12.8 Å². The van der Waals surface area contributed by atoms with Crippen molar-refractivity contribution in [3.63, 3.8) is 0 Å². The Hall–Kier alpha value is -2.63. The molecule has 30 heavy (non-hydrogen) atoms. The summed E-state index contributed by atoms with van der Waals surface area (Å²) < 4.78 is 37.4. The number of H-pyrrole nitrogens is 1. The fourth-order valence-electron chi connectivity index (χ4n) is 4.03. The number of halogens is 2. The van der Waals surface area contributed by atoms with Crippen LogP contribution in [0.3, 0.4) is 0 Å². The Morgan fingerprint density at radius 3 is 2.43 bits per heavy atom. The van der Waals surface area contributed by atoms with Crippen LogP contribution in [-0.4, -0.2) is 19.7 Å². The molecule has 0 bridgehead atoms. The smallest absolute Gasteiger partial charge is 0.151 e. The Labute approximate surface area is 180 Å². The molecule has 4 aromatic rings. The predicted octanol–water partition coefficient (Wildman–Crippen LogP) is 5.99. The number of para-hydroxylation sites is 1. The van der Waals surface area contributed by atoms with Gasteiger partial charge in [0, 0.05) is 34.3 Å². The molecule has 0 aliphatic rings. The highest BCUT2D eigenvalue weighted by molar-refractivity contribution is 7.89. The van der Waals surface area contributed by atoms with Gasteiger partial charge in [-0.2, -0.15) is 0 Å². The second-order valence-electron chi connectivity index (χ2n) is 7.64. The van der Waals surface area contributed by atoms with Gasteiger partial charge in [-0.3, -0.25) is 0 Å². The molecule has 3 aromatic carbocycles. The van der Waals surface area contributed by atoms with Gasteiger partial charge in [0.15, 0.2) is 9.84 Å². The average Bonchev–Trinajstić information content (AvgIpc) is 3.09. The van der Waals surface area contributed by atoms with Crippen molar-refractivity contribution < 1.29 is 12.8 Å². The standard InChI is InChI=1S/C24H21ClFNO2S/c1-15-12-18(25)8-11-20(15)23(16-6-9-19(26)10-7-16)22-13-27-24-17(14-30(2,28)29)4-3-5-21(22)24/h3-13,23,27H,14H2,1-2H3. The van der Waals surface area contributed by atoms with Gasteiger partial charge >= 0.3 is 0 Å². The third kappa shape index (κ3) is 4.13. The van der Waals surface area contributed by atoms with Gasteiger partial charge in [0.05, 0.1) is 5.75 Å². The maximum absolute atomic E-state index is 13.6. The molecule has 1 heterocycles. The summed E-state index contributed by atoms with van der Waals surface area (Å²) in [5, 5.41) is 1.60. The molecule has 3 nitrogen and oxygen atoms in total. The van der Waals surface area contributed by atoms with Crippen LogP contribution in [0.5, 0.6) is 0 Å². The van der Waals surface area contributed by atoms with Crippen LogP contribution in [0.1, 0.15) is 33.7 Å². The largest absolute Gasteiger partial charge is 0.361 e. The quantitative estimate of drug-likeness (QED) is 0.413. The molecule has 0 fully saturated rings. The number of hydrogen-bond acceptors (Lipinski definition) is 2. The van der Waals surface area contributed by atoms with E-state index in [1.165, 1.54) is 18.4 Å². The molecule has 154 valence electrons. The van der Waals surface area contributed by atoms with Gasteiger partial charge in [-0.05, 0) is 59.0 Å². The second kappa shape index (κ2) is 7.89. The molecule has 0 spiro atoms. The third-order valence-corrected chi connectivity index (χ3v) is 6.38. The van der Waals surface area contributed by atoms with E-state index < -0.39 is 9.84 Å². The molecule has 0 aliphatic heterocycles. The number of aromatic nitrogens is 1. The van der Waals surface area contributed by atoms with Crippen molar-refractivity contribution >= 4 is 32.3 Å². The highest BCUT2D eigenvalue weighted by atomic mass is 35.5. The van der Waals surface area contributed by atoms with E-state index in [4.69, 9.17) is 11.6 Å². The predicted molar refractivity (Wildman–Crippen MR) is 120 cm³/mol. The fraction of sp³-hybridized carbons (Fsp3) is 0.167. The van der Waals surface area contributed by atoms with Crippen molar-refractivity contribution in [1.29, 1.82) is 0 Å². The van der Waals surface area contributed by atoms with E-state index in [2.05, 4.69) is 4.98 Å². The Bertz CT molecular complexity index is 1330. The molecule has 0 saturated heterocycles. The van der Waals surface area contributed by atoms with Crippen LogP contribution in [0, 0.1) is 12.7 Å². The molecule has 1 unspecified atom stereocenters. The van der Waals surface area contributed by atoms with Crippen LogP contribution in [0.25, 0.3) is 10.9 Å². The summed E-state index contributed by atoms with van der Waals surface area (Å²) in [6, 6.07) is 17.9. The lowest BCUT2D eigenvalue weighted by molar-refractivity contribution is 0.601. The summed E-state index contributed by atoms with van der Waals surface area (Å²) in [7, 11) is -3.18. The highest BCUT2D eigenvalue weighted by Crippen LogP contribution is 2.39. The van der Waals surface area contributed by atoms with E-state index in [9.17, 15) is 12.8 Å². The summed E-state index contributed by atoms with van der Waals surface area (Å²) in [6.45, 7) is 2.00. The van der Waals surface area contributed by atoms with E-state index >= 15 is 0 Å². The first kappa shape index (κ1) is 20.6. The number of hydrogen-bond donors (Lipinski definition) is 1. The van der Waals surface area contributed by atoms with E-state index in [1.807, 2.05) is 49.5 Å². The van der Waals surface area contributed by atoms with Crippen molar-refractivity contribution in [3.8, 4) is 0 Å². The zero-order valence-corrected chi connectivity index (χ0v) is 18.2. The Balaban J connectivity index is 1.95. The Morgan fingerprint density at radius 2 is 1.77 bits per heavy atom. The van der Waals surface area contributed by atoms with Crippen molar-refractivity contribution in [2.24, 2.45) is 0 Å². The number of benzene rings is 3. The van der Waals surface area contributed by atoms with Gasteiger partial charge in [-0.15, -0.1) is 0 Å². The minimum atomic E-state index is -3.18. The summed E-state index contributed by atoms with van der Waals surface area (Å²) in [4.78, 5) is 3.28. The van der Waals surface area contributed by atoms with E-state index in [0.29, 0.717) is 5.02 Å². The van der Waals surface area contributed by atoms with Gasteiger partial charge in [0.2, 0.25) is 0 Å². The third-order valence-electron chi connectivity index (χ3n) is 5.31. The van der Waals surface area contributed by atoms with Crippen molar-refractivity contribution in [1.82, 2.24) is 4.98 Å². The SMILES string of the molecule is Cc1cc(Cl)ccc1C(c1ccc(F)cc1)c1c[nH]c2c(CS(C)(=O)=O)cccc12. The monoisotopic (exact) mass is 441 g/mol. The summed E-state index contributed by atoms with van der Waals surface area (Å²) in [5.74, 6) is -0.490. The number of aromatic amines is 1. The van der Waals surface area contributed by atoms with Crippen LogP contribution in [0.15, 0.2) is 66.9 Å². The number of aryl methyl sites for hydroxylation is 1. The van der Waals surface area contributed by atoms with Crippen LogP contribution in [-0.2, 0) is 15.6 Å². The van der Waals surface area contributed by atoms with E-state index in [-0.39, 0.29) is 17.5 Å². The summed E-state index contributed by atoms with van der Waals surface area (Å²) in [5.41, 5.74) is 5.55. The molecule has 4 rings (SSSR count). The zero-order valence-electron chi connectivity index (χ0n) is 16.6. The Kier molecular flexibility index (Phi) is 5.43. The molecule has 0 radical (unpaired) electrons. The molecule has 1 atom stereocenters. The molecule has 0 saturated carbocycles. The fourth-order valence-corrected chi connectivity index (χ4v) is 5.06. The van der Waals surface area contributed by atoms with Crippen molar-refractivity contribution in [3.05, 3.63) is 106 Å². The van der Waals surface area contributed by atoms with Gasteiger partial charge in [0.1, 0.15) is 5.82 Å². The van der Waals surface area contributed by atoms with Crippen LogP contribution < -0.4 is 0 Å². The molecular weight excluding hydrogens is 421 g/mol. The number of nitrogens with one attached hydrogen (secondary N) is 1. The first-order chi connectivity index (χ1) is 14.2. The molecule has 6 heteroatoms. The molecule has 0 amide bonds. The van der Waals surface area contributed by atoms with Crippen LogP contribution >= 0.6 is 11.6 Å². The average molecular weight is 442 g/mol. The van der Waals surface area contributed by atoms with Gasteiger partial charge in [-0.1, -0.05) is 48.0 Å². The number of rotatable bonds is 5. The van der Waals surface area contributed by atoms with Crippen molar-refractivity contribution in [2.45, 2.75) is 18.6 Å². The zero-order chi connectivity index (χ0) is 21.5. The maximum atomic E-state index is 13.6. The molecule has 1 aromatic heterocycles. The normalized spacial score (nSPS) is 12.9. The second-order valence-corrected chi connectivity index (χ2v) is 10.2. The topological polar surface area (TPSA) is 49.9 Å². The lowest BCUT2D eigenvalue weighted by atomic mass is 9.83. The highest BCUT2D eigenvalue weighted by Gasteiger charge is 2.23. The number of fused-ring (bicyclic) bond motifs is 1. The maximum Gasteiger partial charge on any atom is 0.151 e. The Morgan fingerprint density at radius 1 is 1.03 bits per heavy atom.